The van der Waals surface area contributed by atoms with Crippen LogP contribution in [-0.4, -0.2) is 42.8 Å². The lowest BCUT2D eigenvalue weighted by Gasteiger charge is -2.30. The van der Waals surface area contributed by atoms with E-state index in [1.165, 1.54) is 0 Å². The Balaban J connectivity index is 1.96. The number of aliphatic hydroxyl groups excluding tert-OH is 1. The Morgan fingerprint density at radius 1 is 1.20 bits per heavy atom. The minimum Gasteiger partial charge on any atom is -0.393 e. The van der Waals surface area contributed by atoms with Gasteiger partial charge in [-0.1, -0.05) is 12.8 Å². The molecule has 0 aromatic heterocycles. The molecule has 0 radical (unpaired) electrons. The molecule has 0 spiro atoms. The predicted molar refractivity (Wildman–Crippen MR) is 57.9 cm³/mol. The second-order valence-corrected chi connectivity index (χ2v) is 6.73. The van der Waals surface area contributed by atoms with Crippen LogP contribution < -0.4 is 0 Å². The van der Waals surface area contributed by atoms with Crippen molar-refractivity contribution in [2.75, 3.05) is 18.8 Å². The molecule has 2 fully saturated rings. The van der Waals surface area contributed by atoms with E-state index in [2.05, 4.69) is 0 Å². The molecule has 0 amide bonds. The Hall–Kier alpha value is -0.130. The summed E-state index contributed by atoms with van der Waals surface area (Å²) in [5, 5.41) is 9.78. The minimum absolute atomic E-state index is 0.159. The molecule has 15 heavy (non-hydrogen) atoms. The van der Waals surface area contributed by atoms with Crippen molar-refractivity contribution in [1.82, 2.24) is 4.31 Å². The summed E-state index contributed by atoms with van der Waals surface area (Å²) >= 11 is 0. The molecule has 0 bridgehead atoms. The van der Waals surface area contributed by atoms with Gasteiger partial charge in [0.2, 0.25) is 10.0 Å². The maximum Gasteiger partial charge on any atom is 0.214 e. The average molecular weight is 233 g/mol. The SMILES string of the molecule is O=S1(=O)CCCN1CC1CCCCC1O. The highest BCUT2D eigenvalue weighted by Gasteiger charge is 2.33. The van der Waals surface area contributed by atoms with E-state index in [-0.39, 0.29) is 17.8 Å². The maximum atomic E-state index is 11.6. The largest absolute Gasteiger partial charge is 0.393 e. The molecule has 2 unspecified atom stereocenters. The topological polar surface area (TPSA) is 57.6 Å². The van der Waals surface area contributed by atoms with Crippen LogP contribution in [0, 0.1) is 5.92 Å². The molecule has 2 aliphatic rings. The van der Waals surface area contributed by atoms with Gasteiger partial charge in [-0.25, -0.2) is 12.7 Å². The van der Waals surface area contributed by atoms with Crippen LogP contribution in [0.25, 0.3) is 0 Å². The van der Waals surface area contributed by atoms with Gasteiger partial charge < -0.3 is 5.11 Å². The van der Waals surface area contributed by atoms with Crippen LogP contribution in [0.15, 0.2) is 0 Å². The zero-order chi connectivity index (χ0) is 10.9. The number of aliphatic hydroxyl groups is 1. The van der Waals surface area contributed by atoms with Gasteiger partial charge in [0.1, 0.15) is 0 Å². The van der Waals surface area contributed by atoms with E-state index < -0.39 is 10.0 Å². The van der Waals surface area contributed by atoms with Crippen LogP contribution in [0.2, 0.25) is 0 Å². The van der Waals surface area contributed by atoms with Crippen LogP contribution in [-0.2, 0) is 10.0 Å². The van der Waals surface area contributed by atoms with Crippen LogP contribution in [0.4, 0.5) is 0 Å². The second kappa shape index (κ2) is 4.39. The summed E-state index contributed by atoms with van der Waals surface area (Å²) in [6, 6.07) is 0. The van der Waals surface area contributed by atoms with Gasteiger partial charge in [0.25, 0.3) is 0 Å². The highest BCUT2D eigenvalue weighted by molar-refractivity contribution is 7.89. The van der Waals surface area contributed by atoms with E-state index in [9.17, 15) is 13.5 Å². The third kappa shape index (κ3) is 2.52. The smallest absolute Gasteiger partial charge is 0.214 e. The van der Waals surface area contributed by atoms with Crippen molar-refractivity contribution >= 4 is 10.0 Å². The molecule has 2 rings (SSSR count). The average Bonchev–Trinajstić information content (AvgIpc) is 2.50. The van der Waals surface area contributed by atoms with Crippen molar-refractivity contribution in [3.05, 3.63) is 0 Å². The fourth-order valence-corrected chi connectivity index (χ4v) is 4.14. The van der Waals surface area contributed by atoms with Gasteiger partial charge in [0.05, 0.1) is 11.9 Å². The molecule has 2 atom stereocenters. The summed E-state index contributed by atoms with van der Waals surface area (Å²) in [4.78, 5) is 0. The highest BCUT2D eigenvalue weighted by Crippen LogP contribution is 2.27. The van der Waals surface area contributed by atoms with Crippen molar-refractivity contribution in [3.8, 4) is 0 Å². The van der Waals surface area contributed by atoms with Crippen molar-refractivity contribution in [2.45, 2.75) is 38.2 Å². The van der Waals surface area contributed by atoms with E-state index in [0.717, 1.165) is 32.1 Å². The standard InChI is InChI=1S/C10H19NO3S/c12-10-5-2-1-4-9(10)8-11-6-3-7-15(11,13)14/h9-10,12H,1-8H2. The Kier molecular flexibility index (Phi) is 3.33. The van der Waals surface area contributed by atoms with Gasteiger partial charge in [-0.15, -0.1) is 0 Å². The number of rotatable bonds is 2. The summed E-state index contributed by atoms with van der Waals surface area (Å²) in [5.41, 5.74) is 0. The molecule has 4 nitrogen and oxygen atoms in total. The first kappa shape index (κ1) is 11.4. The molecule has 1 aliphatic carbocycles. The van der Waals surface area contributed by atoms with E-state index in [4.69, 9.17) is 0 Å². The van der Waals surface area contributed by atoms with E-state index in [1.807, 2.05) is 0 Å². The van der Waals surface area contributed by atoms with Crippen LogP contribution in [0.3, 0.4) is 0 Å². The Labute approximate surface area is 91.3 Å². The lowest BCUT2D eigenvalue weighted by molar-refractivity contribution is 0.0606. The molecule has 1 heterocycles. The monoisotopic (exact) mass is 233 g/mol. The summed E-state index contributed by atoms with van der Waals surface area (Å²) in [6.07, 6.45) is 4.44. The van der Waals surface area contributed by atoms with Gasteiger partial charge in [-0.2, -0.15) is 0 Å². The van der Waals surface area contributed by atoms with Gasteiger partial charge in [0.15, 0.2) is 0 Å². The number of sulfonamides is 1. The molecule has 88 valence electrons. The normalized spacial score (nSPS) is 36.9. The van der Waals surface area contributed by atoms with E-state index in [0.29, 0.717) is 13.1 Å². The quantitative estimate of drug-likeness (QED) is 0.758. The Bertz CT molecular complexity index is 315. The number of hydrogen-bond acceptors (Lipinski definition) is 3. The molecule has 0 aromatic rings. The van der Waals surface area contributed by atoms with E-state index >= 15 is 0 Å². The molecule has 1 saturated heterocycles. The van der Waals surface area contributed by atoms with Crippen molar-refractivity contribution in [2.24, 2.45) is 5.92 Å². The van der Waals surface area contributed by atoms with Gasteiger partial charge in [-0.05, 0) is 25.2 Å². The van der Waals surface area contributed by atoms with Crippen molar-refractivity contribution in [1.29, 1.82) is 0 Å². The zero-order valence-corrected chi connectivity index (χ0v) is 9.75. The summed E-state index contributed by atoms with van der Waals surface area (Å²) < 4.78 is 24.7. The maximum absolute atomic E-state index is 11.6. The molecule has 5 heteroatoms. The molecule has 1 aliphatic heterocycles. The lowest BCUT2D eigenvalue weighted by atomic mass is 9.86. The minimum atomic E-state index is -2.99. The first-order valence-corrected chi connectivity index (χ1v) is 7.36. The second-order valence-electron chi connectivity index (χ2n) is 4.64. The zero-order valence-electron chi connectivity index (χ0n) is 8.93. The molecule has 1 N–H and O–H groups in total. The van der Waals surface area contributed by atoms with Gasteiger partial charge in [0, 0.05) is 13.1 Å². The fourth-order valence-electron chi connectivity index (χ4n) is 2.56. The van der Waals surface area contributed by atoms with Gasteiger partial charge in [-0.3, -0.25) is 0 Å². The Morgan fingerprint density at radius 3 is 2.53 bits per heavy atom. The molecule has 0 aromatic carbocycles. The Morgan fingerprint density at radius 2 is 1.93 bits per heavy atom. The molecular weight excluding hydrogens is 214 g/mol. The van der Waals surface area contributed by atoms with Crippen molar-refractivity contribution in [3.63, 3.8) is 0 Å². The lowest BCUT2D eigenvalue weighted by Crippen LogP contribution is -2.37. The number of nitrogens with zero attached hydrogens (tertiary/aromatic N) is 1. The molecular formula is C10H19NO3S. The van der Waals surface area contributed by atoms with E-state index in [1.54, 1.807) is 4.31 Å². The van der Waals surface area contributed by atoms with Crippen LogP contribution in [0.1, 0.15) is 32.1 Å². The summed E-state index contributed by atoms with van der Waals surface area (Å²) in [6.45, 7) is 1.18. The number of hydrogen-bond donors (Lipinski definition) is 1. The summed E-state index contributed by atoms with van der Waals surface area (Å²) in [7, 11) is -2.99. The fraction of sp³-hybridized carbons (Fsp3) is 1.00. The highest BCUT2D eigenvalue weighted by atomic mass is 32.2. The predicted octanol–water partition coefficient (Wildman–Crippen LogP) is 0.573. The third-order valence-electron chi connectivity index (χ3n) is 3.51. The first-order valence-electron chi connectivity index (χ1n) is 5.75. The summed E-state index contributed by atoms with van der Waals surface area (Å²) in [5.74, 6) is 0.446. The van der Waals surface area contributed by atoms with Crippen molar-refractivity contribution < 1.29 is 13.5 Å². The van der Waals surface area contributed by atoms with Crippen LogP contribution >= 0.6 is 0 Å². The molecule has 1 saturated carbocycles. The van der Waals surface area contributed by atoms with Crippen LogP contribution in [0.5, 0.6) is 0 Å². The van der Waals surface area contributed by atoms with Gasteiger partial charge >= 0.3 is 0 Å². The first-order chi connectivity index (χ1) is 7.09. The third-order valence-corrected chi connectivity index (χ3v) is 5.43.